The van der Waals surface area contributed by atoms with E-state index in [4.69, 9.17) is 29.3 Å². The average molecular weight is 599 g/mol. The lowest BCUT2D eigenvalue weighted by Gasteiger charge is -2.42. The molecule has 0 aliphatic carbocycles. The topological polar surface area (TPSA) is 85.5 Å². The number of aromatic nitrogens is 2. The average Bonchev–Trinajstić information content (AvgIpc) is 3.40. The van der Waals surface area contributed by atoms with Gasteiger partial charge in [-0.15, -0.1) is 0 Å². The molecule has 2 aliphatic rings. The van der Waals surface area contributed by atoms with Crippen LogP contribution >= 0.6 is 0 Å². The molecule has 0 radical (unpaired) electrons. The molecular formula is C36H34N6O3. The molecule has 0 amide bonds. The molecule has 9 nitrogen and oxygen atoms in total. The second kappa shape index (κ2) is 11.2. The first-order valence-corrected chi connectivity index (χ1v) is 14.8. The summed E-state index contributed by atoms with van der Waals surface area (Å²) >= 11 is 0. The van der Waals surface area contributed by atoms with Crippen molar-refractivity contribution in [2.75, 3.05) is 31.5 Å². The van der Waals surface area contributed by atoms with Gasteiger partial charge < -0.3 is 24.4 Å². The summed E-state index contributed by atoms with van der Waals surface area (Å²) in [4.78, 5) is 12.8. The van der Waals surface area contributed by atoms with E-state index in [-0.39, 0.29) is 6.04 Å². The zero-order chi connectivity index (χ0) is 31.2. The summed E-state index contributed by atoms with van der Waals surface area (Å²) < 4.78 is 19.2. The number of rotatable bonds is 6. The summed E-state index contributed by atoms with van der Waals surface area (Å²) in [5.74, 6) is 3.72. The first kappa shape index (κ1) is 28.2. The highest BCUT2D eigenvalue weighted by molar-refractivity contribution is 6.52. The van der Waals surface area contributed by atoms with Crippen molar-refractivity contribution in [3.05, 3.63) is 113 Å². The van der Waals surface area contributed by atoms with E-state index in [9.17, 15) is 0 Å². The number of amidine groups is 2. The summed E-state index contributed by atoms with van der Waals surface area (Å²) in [5, 5.41) is 8.64. The van der Waals surface area contributed by atoms with Crippen LogP contribution in [0, 0.1) is 20.8 Å². The molecule has 45 heavy (non-hydrogen) atoms. The quantitative estimate of drug-likeness (QED) is 0.216. The molecule has 1 atom stereocenters. The van der Waals surface area contributed by atoms with Gasteiger partial charge in [-0.25, -0.2) is 14.7 Å². The number of nitrogens with zero attached hydrogens (tertiary/aromatic N) is 5. The van der Waals surface area contributed by atoms with Gasteiger partial charge in [-0.05, 0) is 74.4 Å². The summed E-state index contributed by atoms with van der Waals surface area (Å²) in [5.41, 5.74) is 8.70. The molecule has 0 fully saturated rings. The van der Waals surface area contributed by atoms with Gasteiger partial charge >= 0.3 is 0 Å². The predicted octanol–water partition coefficient (Wildman–Crippen LogP) is 7.62. The van der Waals surface area contributed by atoms with Crippen LogP contribution in [0.2, 0.25) is 0 Å². The van der Waals surface area contributed by atoms with Crippen LogP contribution in [0.15, 0.2) is 94.9 Å². The standard InChI is InChI=1S/C36H34N6O3/c1-21-16-17-26(22(2)18-21)37-34-36-39-35-31(23(3)40-42(35)25-12-8-7-9-13-25)32(41(36)28-15-11-10-14-27(28)38-34)24-19-29(43-4)33(45-6)30(20-24)44-5/h7-20,32H,1-6H3,(H,37,38). The lowest BCUT2D eigenvalue weighted by atomic mass is 9.92. The minimum absolute atomic E-state index is 0.355. The fourth-order valence-corrected chi connectivity index (χ4v) is 6.21. The number of anilines is 2. The molecule has 1 aromatic heterocycles. The fourth-order valence-electron chi connectivity index (χ4n) is 6.21. The predicted molar refractivity (Wildman–Crippen MR) is 179 cm³/mol. The van der Waals surface area contributed by atoms with E-state index >= 15 is 0 Å². The van der Waals surface area contributed by atoms with Crippen molar-refractivity contribution >= 4 is 34.6 Å². The molecule has 0 saturated heterocycles. The number of aliphatic imine (C=N–C) groups is 2. The maximum atomic E-state index is 5.82. The molecule has 0 saturated carbocycles. The number of nitrogens with one attached hydrogen (secondary N) is 1. The van der Waals surface area contributed by atoms with Crippen LogP contribution in [0.3, 0.4) is 0 Å². The van der Waals surface area contributed by atoms with Crippen molar-refractivity contribution in [2.45, 2.75) is 26.8 Å². The van der Waals surface area contributed by atoms with Gasteiger partial charge in [0.1, 0.15) is 0 Å². The molecule has 0 spiro atoms. The number of methoxy groups -OCH3 is 3. The zero-order valence-corrected chi connectivity index (χ0v) is 26.1. The summed E-state index contributed by atoms with van der Waals surface area (Å²) in [7, 11) is 4.88. The van der Waals surface area contributed by atoms with Gasteiger partial charge in [-0.1, -0.05) is 48.0 Å². The molecule has 9 heteroatoms. The van der Waals surface area contributed by atoms with E-state index in [1.54, 1.807) is 21.3 Å². The second-order valence-electron chi connectivity index (χ2n) is 11.1. The number of hydrogen-bond acceptors (Lipinski definition) is 7. The van der Waals surface area contributed by atoms with Crippen molar-refractivity contribution in [1.82, 2.24) is 9.78 Å². The molecule has 0 bridgehead atoms. The summed E-state index contributed by atoms with van der Waals surface area (Å²) in [6.07, 6.45) is 0. The van der Waals surface area contributed by atoms with Crippen LogP contribution in [0.5, 0.6) is 17.2 Å². The van der Waals surface area contributed by atoms with E-state index in [0.717, 1.165) is 51.0 Å². The van der Waals surface area contributed by atoms with E-state index < -0.39 is 0 Å². The zero-order valence-electron chi connectivity index (χ0n) is 26.1. The minimum Gasteiger partial charge on any atom is -0.493 e. The normalized spacial score (nSPS) is 15.9. The maximum absolute atomic E-state index is 5.82. The highest BCUT2D eigenvalue weighted by Crippen LogP contribution is 2.50. The van der Waals surface area contributed by atoms with Gasteiger partial charge in [0.15, 0.2) is 29.0 Å². The SMILES string of the molecule is COc1cc(C2c3c(C)nn(-c4ccccc4)c3N=C3C(=Nc4ccc(C)cc4C)Nc4ccccc4N32)cc(OC)c1OC. The molecule has 2 aliphatic heterocycles. The Morgan fingerprint density at radius 2 is 1.51 bits per heavy atom. The Kier molecular flexibility index (Phi) is 7.00. The lowest BCUT2D eigenvalue weighted by Crippen LogP contribution is -2.48. The van der Waals surface area contributed by atoms with Gasteiger partial charge in [0.25, 0.3) is 0 Å². The van der Waals surface area contributed by atoms with Gasteiger partial charge in [0.05, 0.1) is 55.8 Å². The van der Waals surface area contributed by atoms with Crippen molar-refractivity contribution in [3.8, 4) is 22.9 Å². The van der Waals surface area contributed by atoms with E-state index in [0.29, 0.717) is 28.9 Å². The number of para-hydroxylation sites is 3. The van der Waals surface area contributed by atoms with Crippen LogP contribution in [-0.2, 0) is 0 Å². The Labute approximate surface area is 262 Å². The lowest BCUT2D eigenvalue weighted by molar-refractivity contribution is 0.323. The minimum atomic E-state index is -0.355. The van der Waals surface area contributed by atoms with Crippen LogP contribution in [0.4, 0.5) is 22.9 Å². The van der Waals surface area contributed by atoms with Crippen LogP contribution in [0.25, 0.3) is 5.69 Å². The van der Waals surface area contributed by atoms with Crippen LogP contribution in [-0.4, -0.2) is 42.8 Å². The molecule has 3 heterocycles. The van der Waals surface area contributed by atoms with Gasteiger partial charge in [0, 0.05) is 5.56 Å². The van der Waals surface area contributed by atoms with Crippen LogP contribution < -0.4 is 24.4 Å². The Morgan fingerprint density at radius 1 is 0.800 bits per heavy atom. The van der Waals surface area contributed by atoms with Crippen molar-refractivity contribution in [1.29, 1.82) is 0 Å². The largest absolute Gasteiger partial charge is 0.493 e. The number of ether oxygens (including phenoxy) is 3. The Morgan fingerprint density at radius 3 is 2.20 bits per heavy atom. The van der Waals surface area contributed by atoms with Crippen molar-refractivity contribution in [3.63, 3.8) is 0 Å². The van der Waals surface area contributed by atoms with E-state index in [2.05, 4.69) is 48.3 Å². The number of fused-ring (bicyclic) bond motifs is 4. The molecule has 4 aromatic carbocycles. The molecule has 1 unspecified atom stereocenters. The first-order chi connectivity index (χ1) is 21.9. The molecule has 226 valence electrons. The third-order valence-corrected chi connectivity index (χ3v) is 8.27. The van der Waals surface area contributed by atoms with E-state index in [1.165, 1.54) is 5.56 Å². The Bertz CT molecular complexity index is 1970. The number of hydrogen-bond donors (Lipinski definition) is 1. The Balaban J connectivity index is 1.55. The smallest absolute Gasteiger partial charge is 0.203 e. The highest BCUT2D eigenvalue weighted by atomic mass is 16.5. The molecule has 7 rings (SSSR count). The Hall–Kier alpha value is -5.57. The second-order valence-corrected chi connectivity index (χ2v) is 11.1. The third-order valence-electron chi connectivity index (χ3n) is 8.27. The molecule has 1 N–H and O–H groups in total. The summed E-state index contributed by atoms with van der Waals surface area (Å²) in [6, 6.07) is 28.2. The van der Waals surface area contributed by atoms with Crippen molar-refractivity contribution < 1.29 is 14.2 Å². The van der Waals surface area contributed by atoms with Gasteiger partial charge in [0.2, 0.25) is 5.75 Å². The maximum Gasteiger partial charge on any atom is 0.203 e. The monoisotopic (exact) mass is 598 g/mol. The third kappa shape index (κ3) is 4.68. The summed E-state index contributed by atoms with van der Waals surface area (Å²) in [6.45, 7) is 6.19. The highest BCUT2D eigenvalue weighted by Gasteiger charge is 2.42. The van der Waals surface area contributed by atoms with Gasteiger partial charge in [-0.2, -0.15) is 5.10 Å². The van der Waals surface area contributed by atoms with E-state index in [1.807, 2.05) is 72.3 Å². The van der Waals surface area contributed by atoms with Gasteiger partial charge in [-0.3, -0.25) is 0 Å². The van der Waals surface area contributed by atoms with Crippen molar-refractivity contribution in [2.24, 2.45) is 9.98 Å². The number of aryl methyl sites for hydroxylation is 3. The molecular weight excluding hydrogens is 564 g/mol. The van der Waals surface area contributed by atoms with Crippen LogP contribution in [0.1, 0.15) is 34.0 Å². The fraction of sp³-hybridized carbons (Fsp3) is 0.194. The first-order valence-electron chi connectivity index (χ1n) is 14.8. The molecule has 5 aromatic rings. The number of benzene rings is 4.